The zero-order chi connectivity index (χ0) is 14.5. The number of aliphatic carboxylic acids is 1. The Morgan fingerprint density at radius 1 is 1.28 bits per heavy atom. The summed E-state index contributed by atoms with van der Waals surface area (Å²) in [5.41, 5.74) is -1.01. The van der Waals surface area contributed by atoms with Crippen LogP contribution in [0.2, 0.25) is 0 Å². The Morgan fingerprint density at radius 2 is 1.78 bits per heavy atom. The Hall–Kier alpha value is -1.14. The molecule has 0 saturated carbocycles. The van der Waals surface area contributed by atoms with Crippen LogP contribution in [0.15, 0.2) is 0 Å². The molecular weight excluding hydrogens is 238 g/mol. The average Bonchev–Trinajstić information content (AvgIpc) is 2.26. The molecule has 18 heavy (non-hydrogen) atoms. The van der Waals surface area contributed by atoms with Gasteiger partial charge in [-0.1, -0.05) is 27.7 Å². The number of carboxylic acids is 1. The molecule has 4 N–H and O–H groups in total. The first-order valence-corrected chi connectivity index (χ1v) is 5.94. The second kappa shape index (κ2) is 6.70. The lowest BCUT2D eigenvalue weighted by molar-refractivity contribution is -0.146. The van der Waals surface area contributed by atoms with E-state index in [-0.39, 0.29) is 18.9 Å². The molecule has 0 fully saturated rings. The maximum atomic E-state index is 11.7. The molecule has 0 saturated heterocycles. The molecule has 0 spiro atoms. The van der Waals surface area contributed by atoms with E-state index in [4.69, 9.17) is 10.2 Å². The van der Waals surface area contributed by atoms with Gasteiger partial charge in [0, 0.05) is 5.41 Å². The highest BCUT2D eigenvalue weighted by atomic mass is 16.4. The number of rotatable bonds is 7. The lowest BCUT2D eigenvalue weighted by Crippen LogP contribution is -2.51. The molecule has 0 aromatic rings. The van der Waals surface area contributed by atoms with Crippen LogP contribution in [-0.4, -0.2) is 45.9 Å². The van der Waals surface area contributed by atoms with E-state index in [0.717, 1.165) is 0 Å². The van der Waals surface area contributed by atoms with Crippen molar-refractivity contribution in [3.8, 4) is 0 Å². The molecule has 0 radical (unpaired) electrons. The minimum Gasteiger partial charge on any atom is -0.480 e. The summed E-state index contributed by atoms with van der Waals surface area (Å²) in [4.78, 5) is 22.7. The molecule has 0 aliphatic carbocycles. The third-order valence-electron chi connectivity index (χ3n) is 2.72. The Labute approximate surface area is 107 Å². The highest BCUT2D eigenvalue weighted by Gasteiger charge is 2.35. The Morgan fingerprint density at radius 3 is 2.11 bits per heavy atom. The van der Waals surface area contributed by atoms with E-state index in [1.165, 1.54) is 13.8 Å². The van der Waals surface area contributed by atoms with Gasteiger partial charge in [0.15, 0.2) is 0 Å². The van der Waals surface area contributed by atoms with Crippen LogP contribution in [0.1, 0.15) is 34.1 Å². The highest BCUT2D eigenvalue weighted by Crippen LogP contribution is 2.20. The number of amides is 1. The fourth-order valence-electron chi connectivity index (χ4n) is 1.38. The number of carboxylic acid groups (broad SMARTS) is 1. The van der Waals surface area contributed by atoms with Crippen LogP contribution in [0.4, 0.5) is 0 Å². The number of nitrogens with one attached hydrogen (secondary N) is 1. The molecule has 0 heterocycles. The number of aliphatic hydroxyl groups is 2. The predicted molar refractivity (Wildman–Crippen MR) is 65.9 cm³/mol. The molecular formula is C12H23NO5. The van der Waals surface area contributed by atoms with Crippen molar-refractivity contribution in [2.75, 3.05) is 6.61 Å². The van der Waals surface area contributed by atoms with E-state index in [0.29, 0.717) is 0 Å². The van der Waals surface area contributed by atoms with Crippen molar-refractivity contribution in [3.05, 3.63) is 0 Å². The Bertz CT molecular complexity index is 301. The summed E-state index contributed by atoms with van der Waals surface area (Å²) in [6, 6.07) is -1.03. The summed E-state index contributed by atoms with van der Waals surface area (Å²) in [6.45, 7) is 6.36. The van der Waals surface area contributed by atoms with Gasteiger partial charge in [0.2, 0.25) is 5.91 Å². The van der Waals surface area contributed by atoms with Crippen molar-refractivity contribution >= 4 is 11.9 Å². The normalized spacial score (nSPS) is 15.3. The first kappa shape index (κ1) is 16.9. The monoisotopic (exact) mass is 261 g/mol. The summed E-state index contributed by atoms with van der Waals surface area (Å²) in [5.74, 6) is -1.80. The van der Waals surface area contributed by atoms with Gasteiger partial charge in [-0.15, -0.1) is 0 Å². The topological polar surface area (TPSA) is 107 Å². The van der Waals surface area contributed by atoms with Crippen LogP contribution in [0, 0.1) is 11.3 Å². The summed E-state index contributed by atoms with van der Waals surface area (Å²) in [7, 11) is 0. The van der Waals surface area contributed by atoms with Gasteiger partial charge < -0.3 is 20.6 Å². The van der Waals surface area contributed by atoms with Crippen LogP contribution < -0.4 is 5.32 Å². The Kier molecular flexibility index (Phi) is 6.28. The molecule has 6 heteroatoms. The molecule has 0 aliphatic heterocycles. The average molecular weight is 261 g/mol. The molecule has 2 atom stereocenters. The second-order valence-corrected chi connectivity index (χ2v) is 5.58. The third-order valence-corrected chi connectivity index (χ3v) is 2.72. The first-order chi connectivity index (χ1) is 8.11. The van der Waals surface area contributed by atoms with E-state index in [1.807, 2.05) is 13.8 Å². The summed E-state index contributed by atoms with van der Waals surface area (Å²) in [5, 5.41) is 30.0. The maximum Gasteiger partial charge on any atom is 0.326 e. The van der Waals surface area contributed by atoms with Gasteiger partial charge in [0.1, 0.15) is 12.1 Å². The number of carbonyl (C=O) groups excluding carboxylic acids is 1. The van der Waals surface area contributed by atoms with Crippen molar-refractivity contribution in [1.29, 1.82) is 0 Å². The van der Waals surface area contributed by atoms with Gasteiger partial charge in [-0.2, -0.15) is 0 Å². The molecule has 6 nitrogen and oxygen atoms in total. The standard InChI is InChI=1S/C12H23NO5/c1-7(2)5-8(11(17)18)13-10(16)9(15)12(3,4)6-14/h7-9,14-15H,5-6H2,1-4H3,(H,13,16)(H,17,18). The van der Waals surface area contributed by atoms with Crippen molar-refractivity contribution in [1.82, 2.24) is 5.32 Å². The van der Waals surface area contributed by atoms with Gasteiger partial charge in [-0.05, 0) is 12.3 Å². The molecule has 0 bridgehead atoms. The van der Waals surface area contributed by atoms with Crippen molar-refractivity contribution in [2.24, 2.45) is 11.3 Å². The first-order valence-electron chi connectivity index (χ1n) is 5.94. The van der Waals surface area contributed by atoms with E-state index in [9.17, 15) is 14.7 Å². The van der Waals surface area contributed by atoms with Crippen molar-refractivity contribution < 1.29 is 24.9 Å². The maximum absolute atomic E-state index is 11.7. The number of hydrogen-bond donors (Lipinski definition) is 4. The van der Waals surface area contributed by atoms with Gasteiger partial charge in [0.25, 0.3) is 0 Å². The highest BCUT2D eigenvalue weighted by molar-refractivity contribution is 5.86. The fraction of sp³-hybridized carbons (Fsp3) is 0.833. The molecule has 106 valence electrons. The predicted octanol–water partition coefficient (Wildman–Crippen LogP) is -0.0187. The number of aliphatic hydroxyl groups excluding tert-OH is 2. The van der Waals surface area contributed by atoms with E-state index >= 15 is 0 Å². The second-order valence-electron chi connectivity index (χ2n) is 5.58. The SMILES string of the molecule is CC(C)CC(NC(=O)C(O)C(C)(C)CO)C(=O)O. The van der Waals surface area contributed by atoms with Crippen LogP contribution in [0.5, 0.6) is 0 Å². The van der Waals surface area contributed by atoms with E-state index in [2.05, 4.69) is 5.32 Å². The Balaban J connectivity index is 4.65. The van der Waals surface area contributed by atoms with Crippen LogP contribution >= 0.6 is 0 Å². The number of carbonyl (C=O) groups is 2. The zero-order valence-electron chi connectivity index (χ0n) is 11.3. The van der Waals surface area contributed by atoms with Crippen molar-refractivity contribution in [2.45, 2.75) is 46.3 Å². The molecule has 1 amide bonds. The van der Waals surface area contributed by atoms with Crippen LogP contribution in [0.25, 0.3) is 0 Å². The summed E-state index contributed by atoms with van der Waals surface area (Å²) in [6.07, 6.45) is -1.16. The minimum atomic E-state index is -1.45. The van der Waals surface area contributed by atoms with Gasteiger partial charge in [-0.3, -0.25) is 4.79 Å². The largest absolute Gasteiger partial charge is 0.480 e. The molecule has 2 unspecified atom stereocenters. The quantitative estimate of drug-likeness (QED) is 0.515. The fourth-order valence-corrected chi connectivity index (χ4v) is 1.38. The summed E-state index contributed by atoms with van der Waals surface area (Å²) >= 11 is 0. The summed E-state index contributed by atoms with van der Waals surface area (Å²) < 4.78 is 0. The molecule has 0 rings (SSSR count). The lowest BCUT2D eigenvalue weighted by Gasteiger charge is -2.28. The molecule has 0 aromatic heterocycles. The van der Waals surface area contributed by atoms with Gasteiger partial charge in [-0.25, -0.2) is 4.79 Å². The minimum absolute atomic E-state index is 0.106. The lowest BCUT2D eigenvalue weighted by atomic mass is 9.87. The van der Waals surface area contributed by atoms with Crippen LogP contribution in [0.3, 0.4) is 0 Å². The molecule has 0 aromatic carbocycles. The van der Waals surface area contributed by atoms with E-state index < -0.39 is 29.4 Å². The third kappa shape index (κ3) is 5.01. The molecule has 0 aliphatic rings. The van der Waals surface area contributed by atoms with Crippen LogP contribution in [-0.2, 0) is 9.59 Å². The number of hydrogen-bond acceptors (Lipinski definition) is 4. The zero-order valence-corrected chi connectivity index (χ0v) is 11.3. The van der Waals surface area contributed by atoms with Gasteiger partial charge >= 0.3 is 5.97 Å². The van der Waals surface area contributed by atoms with Crippen molar-refractivity contribution in [3.63, 3.8) is 0 Å². The van der Waals surface area contributed by atoms with Gasteiger partial charge in [0.05, 0.1) is 6.61 Å². The smallest absolute Gasteiger partial charge is 0.326 e. The van der Waals surface area contributed by atoms with E-state index in [1.54, 1.807) is 0 Å².